The molecule has 0 aliphatic carbocycles. The summed E-state index contributed by atoms with van der Waals surface area (Å²) in [6, 6.07) is 0. The highest BCUT2D eigenvalue weighted by atomic mass is 19.3. The molecule has 0 fully saturated rings. The van der Waals surface area contributed by atoms with E-state index < -0.39 is 12.5 Å². The van der Waals surface area contributed by atoms with Crippen molar-refractivity contribution < 1.29 is 18.6 Å². The Morgan fingerprint density at radius 2 is 2.15 bits per heavy atom. The predicted molar refractivity (Wildman–Crippen MR) is 46.0 cm³/mol. The Morgan fingerprint density at radius 3 is 2.69 bits per heavy atom. The molecule has 5 heteroatoms. The number of halogens is 2. The van der Waals surface area contributed by atoms with Gasteiger partial charge in [0.15, 0.2) is 0 Å². The van der Waals surface area contributed by atoms with Crippen molar-refractivity contribution in [3.63, 3.8) is 0 Å². The second-order valence-electron chi connectivity index (χ2n) is 2.66. The predicted octanol–water partition coefficient (Wildman–Crippen LogP) is 0.629. The van der Waals surface area contributed by atoms with Crippen molar-refractivity contribution >= 4 is 0 Å². The van der Waals surface area contributed by atoms with E-state index in [9.17, 15) is 8.78 Å². The van der Waals surface area contributed by atoms with E-state index in [-0.39, 0.29) is 6.54 Å². The molecule has 0 aromatic carbocycles. The Morgan fingerprint density at radius 1 is 1.46 bits per heavy atom. The molecule has 0 rings (SSSR count). The molecule has 0 heterocycles. The Hall–Kier alpha value is -0.260. The molecule has 0 aliphatic rings. The Labute approximate surface area is 77.1 Å². The van der Waals surface area contributed by atoms with Crippen LogP contribution in [0.1, 0.15) is 13.3 Å². The zero-order valence-corrected chi connectivity index (χ0v) is 7.80. The van der Waals surface area contributed by atoms with Crippen LogP contribution in [-0.2, 0) is 4.74 Å². The van der Waals surface area contributed by atoms with Gasteiger partial charge in [0.2, 0.25) is 0 Å². The number of ether oxygens (including phenoxy) is 1. The van der Waals surface area contributed by atoms with Crippen LogP contribution in [-0.4, -0.2) is 43.9 Å². The van der Waals surface area contributed by atoms with Crippen molar-refractivity contribution in [1.29, 1.82) is 0 Å². The lowest BCUT2D eigenvalue weighted by atomic mass is 10.3. The van der Waals surface area contributed by atoms with Crippen molar-refractivity contribution in [3.8, 4) is 0 Å². The maximum Gasteiger partial charge on any atom is 0.265 e. The van der Waals surface area contributed by atoms with Crippen LogP contribution < -0.4 is 5.32 Å². The summed E-state index contributed by atoms with van der Waals surface area (Å²) in [5, 5.41) is 11.4. The lowest BCUT2D eigenvalue weighted by Gasteiger charge is -2.10. The van der Waals surface area contributed by atoms with Gasteiger partial charge in [-0.05, 0) is 19.9 Å². The van der Waals surface area contributed by atoms with E-state index in [1.54, 1.807) is 0 Å². The van der Waals surface area contributed by atoms with Crippen LogP contribution in [0, 0.1) is 0 Å². The van der Waals surface area contributed by atoms with E-state index in [0.717, 1.165) is 6.42 Å². The highest BCUT2D eigenvalue weighted by molar-refractivity contribution is 4.60. The molecule has 0 aliphatic heterocycles. The summed E-state index contributed by atoms with van der Waals surface area (Å²) in [5.74, 6) is 0. The van der Waals surface area contributed by atoms with Gasteiger partial charge in [-0.15, -0.1) is 0 Å². The molecule has 80 valence electrons. The first-order chi connectivity index (χ1) is 6.18. The van der Waals surface area contributed by atoms with Crippen molar-refractivity contribution in [2.75, 3.05) is 26.3 Å². The van der Waals surface area contributed by atoms with E-state index in [0.29, 0.717) is 19.8 Å². The van der Waals surface area contributed by atoms with E-state index in [1.165, 1.54) is 0 Å². The quantitative estimate of drug-likeness (QED) is 0.561. The molecular weight excluding hydrogens is 180 g/mol. The number of aliphatic hydroxyl groups excluding tert-OH is 1. The third kappa shape index (κ3) is 8.08. The minimum atomic E-state index is -2.67. The molecule has 0 bridgehead atoms. The molecule has 0 spiro atoms. The lowest BCUT2D eigenvalue weighted by Crippen LogP contribution is -2.32. The van der Waals surface area contributed by atoms with Gasteiger partial charge in [0.05, 0.1) is 0 Å². The first kappa shape index (κ1) is 12.7. The Bertz CT molecular complexity index is 114. The van der Waals surface area contributed by atoms with Crippen molar-refractivity contribution in [1.82, 2.24) is 5.32 Å². The summed E-state index contributed by atoms with van der Waals surface area (Å²) in [6.07, 6.45) is -3.46. The summed E-state index contributed by atoms with van der Waals surface area (Å²) in [4.78, 5) is 0. The van der Waals surface area contributed by atoms with Gasteiger partial charge in [0.1, 0.15) is 6.10 Å². The number of alkyl halides is 2. The zero-order valence-electron chi connectivity index (χ0n) is 7.80. The van der Waals surface area contributed by atoms with Gasteiger partial charge < -0.3 is 15.2 Å². The van der Waals surface area contributed by atoms with Crippen molar-refractivity contribution in [2.24, 2.45) is 0 Å². The minimum Gasteiger partial charge on any atom is -0.386 e. The molecule has 0 saturated carbocycles. The molecule has 13 heavy (non-hydrogen) atoms. The summed E-state index contributed by atoms with van der Waals surface area (Å²) in [5.41, 5.74) is 0. The highest BCUT2D eigenvalue weighted by Crippen LogP contribution is 1.98. The van der Waals surface area contributed by atoms with Gasteiger partial charge in [0, 0.05) is 19.8 Å². The fourth-order valence-electron chi connectivity index (χ4n) is 0.783. The van der Waals surface area contributed by atoms with Gasteiger partial charge in [-0.25, -0.2) is 8.78 Å². The number of aliphatic hydroxyl groups is 1. The maximum atomic E-state index is 11.7. The third-order valence-electron chi connectivity index (χ3n) is 1.49. The second-order valence-corrected chi connectivity index (χ2v) is 2.66. The maximum absolute atomic E-state index is 11.7. The lowest BCUT2D eigenvalue weighted by molar-refractivity contribution is -0.00338. The fourth-order valence-corrected chi connectivity index (χ4v) is 0.783. The monoisotopic (exact) mass is 197 g/mol. The first-order valence-electron chi connectivity index (χ1n) is 4.43. The van der Waals surface area contributed by atoms with Crippen LogP contribution in [0.2, 0.25) is 0 Å². The highest BCUT2D eigenvalue weighted by Gasteiger charge is 2.15. The summed E-state index contributed by atoms with van der Waals surface area (Å²) in [7, 11) is 0. The molecular formula is C8H17F2NO2. The second kappa shape index (κ2) is 8.34. The van der Waals surface area contributed by atoms with Gasteiger partial charge >= 0.3 is 0 Å². The SMILES string of the molecule is CCOCCCNCC(O)C(F)F. The van der Waals surface area contributed by atoms with Crippen LogP contribution in [0.25, 0.3) is 0 Å². The number of rotatable bonds is 8. The van der Waals surface area contributed by atoms with E-state index >= 15 is 0 Å². The molecule has 0 aromatic rings. The fraction of sp³-hybridized carbons (Fsp3) is 1.00. The van der Waals surface area contributed by atoms with Gasteiger partial charge in [-0.1, -0.05) is 0 Å². The Balaban J connectivity index is 3.07. The third-order valence-corrected chi connectivity index (χ3v) is 1.49. The summed E-state index contributed by atoms with van der Waals surface area (Å²) >= 11 is 0. The molecule has 0 radical (unpaired) electrons. The molecule has 1 unspecified atom stereocenters. The largest absolute Gasteiger partial charge is 0.386 e. The first-order valence-corrected chi connectivity index (χ1v) is 4.43. The van der Waals surface area contributed by atoms with Crippen molar-refractivity contribution in [3.05, 3.63) is 0 Å². The smallest absolute Gasteiger partial charge is 0.265 e. The molecule has 3 nitrogen and oxygen atoms in total. The van der Waals surface area contributed by atoms with Gasteiger partial charge in [0.25, 0.3) is 6.43 Å². The average Bonchev–Trinajstić information content (AvgIpc) is 2.10. The topological polar surface area (TPSA) is 41.5 Å². The number of nitrogens with one attached hydrogen (secondary N) is 1. The van der Waals surface area contributed by atoms with E-state index in [1.807, 2.05) is 6.92 Å². The summed E-state index contributed by atoms with van der Waals surface area (Å²) in [6.45, 7) is 3.70. The van der Waals surface area contributed by atoms with E-state index in [2.05, 4.69) is 5.32 Å². The van der Waals surface area contributed by atoms with Gasteiger partial charge in [-0.3, -0.25) is 0 Å². The number of hydrogen-bond acceptors (Lipinski definition) is 3. The molecule has 2 N–H and O–H groups in total. The molecule has 0 amide bonds. The Kier molecular flexibility index (Phi) is 8.18. The number of hydrogen-bond donors (Lipinski definition) is 2. The standard InChI is InChI=1S/C8H17F2NO2/c1-2-13-5-3-4-11-6-7(12)8(9)10/h7-8,11-12H,2-6H2,1H3. The van der Waals surface area contributed by atoms with Crippen LogP contribution >= 0.6 is 0 Å². The van der Waals surface area contributed by atoms with Crippen LogP contribution in [0.3, 0.4) is 0 Å². The van der Waals surface area contributed by atoms with Crippen LogP contribution in [0.4, 0.5) is 8.78 Å². The van der Waals surface area contributed by atoms with Crippen LogP contribution in [0.5, 0.6) is 0 Å². The van der Waals surface area contributed by atoms with Gasteiger partial charge in [-0.2, -0.15) is 0 Å². The molecule has 0 aromatic heterocycles. The minimum absolute atomic E-state index is 0.0657. The van der Waals surface area contributed by atoms with E-state index in [4.69, 9.17) is 9.84 Å². The molecule has 1 atom stereocenters. The normalized spacial score (nSPS) is 13.6. The molecule has 0 saturated heterocycles. The summed E-state index contributed by atoms with van der Waals surface area (Å²) < 4.78 is 28.5. The zero-order chi connectivity index (χ0) is 10.1. The van der Waals surface area contributed by atoms with Crippen LogP contribution in [0.15, 0.2) is 0 Å². The average molecular weight is 197 g/mol. The van der Waals surface area contributed by atoms with Crippen molar-refractivity contribution in [2.45, 2.75) is 25.9 Å².